The van der Waals surface area contributed by atoms with Crippen LogP contribution in [0.2, 0.25) is 0 Å². The number of primary amides is 1. The Morgan fingerprint density at radius 3 is 2.87 bits per heavy atom. The Balaban J connectivity index is 1.60. The van der Waals surface area contributed by atoms with Crippen LogP contribution in [0.5, 0.6) is 0 Å². The number of nitrogens with two attached hydrogens (primary N) is 1. The molecule has 3 rings (SSSR count). The number of nitrogens with zero attached hydrogens (tertiary/aromatic N) is 2. The average molecular weight is 316 g/mol. The van der Waals surface area contributed by atoms with Gasteiger partial charge in [-0.1, -0.05) is 19.3 Å². The van der Waals surface area contributed by atoms with Crippen LogP contribution in [0, 0.1) is 5.92 Å². The zero-order chi connectivity index (χ0) is 16.2. The summed E-state index contributed by atoms with van der Waals surface area (Å²) in [7, 11) is 0. The van der Waals surface area contributed by atoms with Crippen LogP contribution in [-0.2, 0) is 4.79 Å². The molecule has 0 spiro atoms. The molecule has 0 bridgehead atoms. The smallest absolute Gasteiger partial charge is 0.252 e. The van der Waals surface area contributed by atoms with E-state index in [2.05, 4.69) is 10.3 Å². The summed E-state index contributed by atoms with van der Waals surface area (Å²) in [6.45, 7) is 1.53. The van der Waals surface area contributed by atoms with Crippen molar-refractivity contribution in [3.05, 3.63) is 23.9 Å². The van der Waals surface area contributed by atoms with Crippen molar-refractivity contribution in [2.24, 2.45) is 11.7 Å². The Kier molecular flexibility index (Phi) is 4.79. The topological polar surface area (TPSA) is 88.3 Å². The highest BCUT2D eigenvalue weighted by Gasteiger charge is 2.32. The van der Waals surface area contributed by atoms with Gasteiger partial charge < -0.3 is 16.0 Å². The Labute approximate surface area is 136 Å². The number of amides is 2. The quantitative estimate of drug-likeness (QED) is 0.866. The second-order valence-electron chi connectivity index (χ2n) is 6.61. The third-order valence-corrected chi connectivity index (χ3v) is 4.83. The van der Waals surface area contributed by atoms with Crippen LogP contribution in [-0.4, -0.2) is 40.8 Å². The highest BCUT2D eigenvalue weighted by Crippen LogP contribution is 2.26. The summed E-state index contributed by atoms with van der Waals surface area (Å²) in [4.78, 5) is 29.8. The van der Waals surface area contributed by atoms with Crippen molar-refractivity contribution in [2.45, 2.75) is 44.6 Å². The average Bonchev–Trinajstić information content (AvgIpc) is 2.88. The normalized spacial score (nSPS) is 22.3. The van der Waals surface area contributed by atoms with E-state index in [-0.39, 0.29) is 11.9 Å². The van der Waals surface area contributed by atoms with Gasteiger partial charge in [0.15, 0.2) is 0 Å². The minimum atomic E-state index is -0.510. The standard InChI is InChI=1S/C17H24N4O2/c18-16(23)14-7-4-8-19-17(14)20-13-9-15(22)21(11-13)10-12-5-2-1-3-6-12/h4,7-8,12-13H,1-3,5-6,9-11H2,(H2,18,23)(H,19,20). The number of nitrogens with one attached hydrogen (secondary N) is 1. The summed E-state index contributed by atoms with van der Waals surface area (Å²) in [5, 5.41) is 3.21. The zero-order valence-corrected chi connectivity index (χ0v) is 13.3. The first-order valence-electron chi connectivity index (χ1n) is 8.42. The number of carbonyl (C=O) groups excluding carboxylic acids is 2. The first kappa shape index (κ1) is 15.8. The summed E-state index contributed by atoms with van der Waals surface area (Å²) in [6.07, 6.45) is 8.41. The monoisotopic (exact) mass is 316 g/mol. The first-order valence-corrected chi connectivity index (χ1v) is 8.42. The van der Waals surface area contributed by atoms with Crippen molar-refractivity contribution in [1.82, 2.24) is 9.88 Å². The number of hydrogen-bond acceptors (Lipinski definition) is 4. The summed E-state index contributed by atoms with van der Waals surface area (Å²) in [5.41, 5.74) is 5.74. The van der Waals surface area contributed by atoms with Gasteiger partial charge in [-0.3, -0.25) is 9.59 Å². The fraction of sp³-hybridized carbons (Fsp3) is 0.588. The molecule has 6 heteroatoms. The summed E-state index contributed by atoms with van der Waals surface area (Å²) < 4.78 is 0. The molecule has 1 aliphatic carbocycles. The Hall–Kier alpha value is -2.11. The molecule has 1 aliphatic heterocycles. The molecule has 0 radical (unpaired) electrons. The molecule has 124 valence electrons. The number of pyridine rings is 1. The van der Waals surface area contributed by atoms with Crippen molar-refractivity contribution in [3.63, 3.8) is 0 Å². The lowest BCUT2D eigenvalue weighted by atomic mass is 9.89. The van der Waals surface area contributed by atoms with Gasteiger partial charge in [-0.15, -0.1) is 0 Å². The van der Waals surface area contributed by atoms with Gasteiger partial charge in [-0.25, -0.2) is 4.98 Å². The highest BCUT2D eigenvalue weighted by molar-refractivity contribution is 5.97. The molecule has 0 aromatic carbocycles. The van der Waals surface area contributed by atoms with Crippen LogP contribution in [0.15, 0.2) is 18.3 Å². The largest absolute Gasteiger partial charge is 0.365 e. The maximum Gasteiger partial charge on any atom is 0.252 e. The number of anilines is 1. The Bertz CT molecular complexity index is 584. The molecule has 2 fully saturated rings. The predicted molar refractivity (Wildman–Crippen MR) is 87.9 cm³/mol. The third kappa shape index (κ3) is 3.81. The van der Waals surface area contributed by atoms with Crippen LogP contribution in [0.4, 0.5) is 5.82 Å². The molecule has 6 nitrogen and oxygen atoms in total. The van der Waals surface area contributed by atoms with Crippen molar-refractivity contribution < 1.29 is 9.59 Å². The molecule has 3 N–H and O–H groups in total. The number of carbonyl (C=O) groups is 2. The van der Waals surface area contributed by atoms with Gasteiger partial charge in [0.25, 0.3) is 5.91 Å². The van der Waals surface area contributed by atoms with E-state index in [1.807, 2.05) is 4.90 Å². The number of likely N-dealkylation sites (tertiary alicyclic amines) is 1. The first-order chi connectivity index (χ1) is 11.1. The van der Waals surface area contributed by atoms with E-state index in [1.54, 1.807) is 18.3 Å². The van der Waals surface area contributed by atoms with Crippen molar-refractivity contribution in [1.29, 1.82) is 0 Å². The zero-order valence-electron chi connectivity index (χ0n) is 13.3. The molecule has 1 aromatic rings. The van der Waals surface area contributed by atoms with E-state index in [9.17, 15) is 9.59 Å². The summed E-state index contributed by atoms with van der Waals surface area (Å²) in [5.74, 6) is 0.786. The van der Waals surface area contributed by atoms with Crippen LogP contribution in [0.1, 0.15) is 48.9 Å². The van der Waals surface area contributed by atoms with E-state index in [1.165, 1.54) is 32.1 Å². The van der Waals surface area contributed by atoms with E-state index in [0.717, 1.165) is 6.54 Å². The van der Waals surface area contributed by atoms with Crippen molar-refractivity contribution in [2.75, 3.05) is 18.4 Å². The predicted octanol–water partition coefficient (Wildman–Crippen LogP) is 1.77. The molecular weight excluding hydrogens is 292 g/mol. The molecule has 23 heavy (non-hydrogen) atoms. The molecule has 1 atom stereocenters. The van der Waals surface area contributed by atoms with Gasteiger partial charge >= 0.3 is 0 Å². The van der Waals surface area contributed by atoms with Gasteiger partial charge in [0.1, 0.15) is 5.82 Å². The van der Waals surface area contributed by atoms with Crippen LogP contribution in [0.3, 0.4) is 0 Å². The molecule has 2 aliphatic rings. The molecule has 2 amide bonds. The summed E-state index contributed by atoms with van der Waals surface area (Å²) in [6, 6.07) is 3.31. The van der Waals surface area contributed by atoms with E-state index >= 15 is 0 Å². The van der Waals surface area contributed by atoms with Crippen LogP contribution < -0.4 is 11.1 Å². The molecular formula is C17H24N4O2. The molecule has 1 saturated carbocycles. The Morgan fingerprint density at radius 1 is 1.35 bits per heavy atom. The molecule has 1 aromatic heterocycles. The maximum atomic E-state index is 12.2. The van der Waals surface area contributed by atoms with Crippen molar-refractivity contribution in [3.8, 4) is 0 Å². The second-order valence-corrected chi connectivity index (χ2v) is 6.61. The minimum Gasteiger partial charge on any atom is -0.365 e. The van der Waals surface area contributed by atoms with Gasteiger partial charge in [0.2, 0.25) is 5.91 Å². The molecule has 1 unspecified atom stereocenters. The lowest BCUT2D eigenvalue weighted by Gasteiger charge is -2.27. The van der Waals surface area contributed by atoms with Gasteiger partial charge in [-0.2, -0.15) is 0 Å². The second kappa shape index (κ2) is 6.98. The Morgan fingerprint density at radius 2 is 2.13 bits per heavy atom. The summed E-state index contributed by atoms with van der Waals surface area (Å²) >= 11 is 0. The number of rotatable bonds is 5. The van der Waals surface area contributed by atoms with Crippen LogP contribution in [0.25, 0.3) is 0 Å². The SMILES string of the molecule is NC(=O)c1cccnc1NC1CC(=O)N(CC2CCCCC2)C1. The fourth-order valence-corrected chi connectivity index (χ4v) is 3.64. The molecule has 1 saturated heterocycles. The highest BCUT2D eigenvalue weighted by atomic mass is 16.2. The van der Waals surface area contributed by atoms with Gasteiger partial charge in [0, 0.05) is 25.7 Å². The van der Waals surface area contributed by atoms with E-state index in [4.69, 9.17) is 5.73 Å². The third-order valence-electron chi connectivity index (χ3n) is 4.83. The minimum absolute atomic E-state index is 0.0147. The van der Waals surface area contributed by atoms with E-state index < -0.39 is 5.91 Å². The number of aromatic nitrogens is 1. The lowest BCUT2D eigenvalue weighted by Crippen LogP contribution is -2.33. The molecule has 2 heterocycles. The lowest BCUT2D eigenvalue weighted by molar-refractivity contribution is -0.128. The van der Waals surface area contributed by atoms with Gasteiger partial charge in [-0.05, 0) is 30.9 Å². The van der Waals surface area contributed by atoms with E-state index in [0.29, 0.717) is 30.3 Å². The van der Waals surface area contributed by atoms with Gasteiger partial charge in [0.05, 0.1) is 11.6 Å². The van der Waals surface area contributed by atoms with Crippen LogP contribution >= 0.6 is 0 Å². The maximum absolute atomic E-state index is 12.2. The fourth-order valence-electron chi connectivity index (χ4n) is 3.64. The number of hydrogen-bond donors (Lipinski definition) is 2. The van der Waals surface area contributed by atoms with Crippen molar-refractivity contribution >= 4 is 17.6 Å².